The highest BCUT2D eigenvalue weighted by Crippen LogP contribution is 2.23. The van der Waals surface area contributed by atoms with E-state index in [-0.39, 0.29) is 17.7 Å². The Balaban J connectivity index is 1.61. The molecule has 1 aromatic carbocycles. The number of nitrogens with one attached hydrogen (secondary N) is 1. The second kappa shape index (κ2) is 8.82. The third-order valence-corrected chi connectivity index (χ3v) is 6.14. The Bertz CT molecular complexity index is 853. The fourth-order valence-electron chi connectivity index (χ4n) is 3.05. The number of sulfonamides is 1. The molecule has 2 heterocycles. The van der Waals surface area contributed by atoms with Crippen molar-refractivity contribution in [3.63, 3.8) is 0 Å². The zero-order valence-electron chi connectivity index (χ0n) is 15.7. The van der Waals surface area contributed by atoms with Crippen LogP contribution in [0.1, 0.15) is 18.9 Å². The fraction of sp³-hybridized carbons (Fsp3) is 0.450. The molecule has 2 aromatic rings. The van der Waals surface area contributed by atoms with Gasteiger partial charge in [-0.05, 0) is 62.2 Å². The van der Waals surface area contributed by atoms with Crippen molar-refractivity contribution in [3.8, 4) is 17.0 Å². The van der Waals surface area contributed by atoms with E-state index in [2.05, 4.69) is 9.71 Å². The van der Waals surface area contributed by atoms with Gasteiger partial charge in [-0.15, -0.1) is 0 Å². The molecule has 0 bridgehead atoms. The summed E-state index contributed by atoms with van der Waals surface area (Å²) in [5.41, 5.74) is 3.12. The number of rotatable bonds is 7. The molecule has 1 aromatic heterocycles. The molecule has 0 radical (unpaired) electrons. The molecule has 1 aliphatic heterocycles. The Kier molecular flexibility index (Phi) is 6.46. The van der Waals surface area contributed by atoms with Crippen molar-refractivity contribution in [2.45, 2.75) is 26.3 Å². The molecule has 0 aliphatic carbocycles. The summed E-state index contributed by atoms with van der Waals surface area (Å²) in [5, 5.41) is 0. The van der Waals surface area contributed by atoms with Crippen LogP contribution in [0.2, 0.25) is 0 Å². The minimum atomic E-state index is -3.24. The molecular formula is C20H26N2O4S. The Morgan fingerprint density at radius 2 is 2.04 bits per heavy atom. The minimum Gasteiger partial charge on any atom is -0.493 e. The lowest BCUT2D eigenvalue weighted by Crippen LogP contribution is -2.47. The number of hydrogen-bond acceptors (Lipinski definition) is 5. The number of ether oxygens (including phenoxy) is 2. The van der Waals surface area contributed by atoms with Gasteiger partial charge in [-0.2, -0.15) is 0 Å². The fourth-order valence-corrected chi connectivity index (χ4v) is 3.99. The Morgan fingerprint density at radius 1 is 1.26 bits per heavy atom. The second-order valence-electron chi connectivity index (χ2n) is 6.81. The SMILES string of the molecule is CCS(=O)(=O)N[C@H]1CCOC[C@@H]1COc1ccc(-c2cc(C)ccn2)cc1. The van der Waals surface area contributed by atoms with Gasteiger partial charge in [0.1, 0.15) is 5.75 Å². The van der Waals surface area contributed by atoms with Crippen LogP contribution in [0, 0.1) is 12.8 Å². The third kappa shape index (κ3) is 5.51. The molecule has 6 nitrogen and oxygen atoms in total. The van der Waals surface area contributed by atoms with Crippen LogP contribution >= 0.6 is 0 Å². The Hall–Kier alpha value is -1.96. The first-order chi connectivity index (χ1) is 13.0. The first kappa shape index (κ1) is 19.8. The molecule has 1 N–H and O–H groups in total. The molecule has 0 unspecified atom stereocenters. The molecule has 0 spiro atoms. The first-order valence-corrected chi connectivity index (χ1v) is 10.9. The zero-order valence-corrected chi connectivity index (χ0v) is 16.5. The number of pyridine rings is 1. The lowest BCUT2D eigenvalue weighted by molar-refractivity contribution is 0.0186. The van der Waals surface area contributed by atoms with Crippen molar-refractivity contribution in [2.24, 2.45) is 5.92 Å². The van der Waals surface area contributed by atoms with Crippen LogP contribution in [0.15, 0.2) is 42.6 Å². The topological polar surface area (TPSA) is 77.5 Å². The molecular weight excluding hydrogens is 364 g/mol. The quantitative estimate of drug-likeness (QED) is 0.787. The standard InChI is InChI=1S/C20H26N2O4S/c1-3-27(23,24)22-19-9-11-25-13-17(19)14-26-18-6-4-16(5-7-18)20-12-15(2)8-10-21-20/h4-8,10,12,17,19,22H,3,9,11,13-14H2,1-2H3/t17-,19+/m1/s1. The smallest absolute Gasteiger partial charge is 0.211 e. The largest absolute Gasteiger partial charge is 0.493 e. The van der Waals surface area contributed by atoms with E-state index >= 15 is 0 Å². The number of benzene rings is 1. The molecule has 1 aliphatic rings. The van der Waals surface area contributed by atoms with Crippen molar-refractivity contribution < 1.29 is 17.9 Å². The molecule has 146 valence electrons. The van der Waals surface area contributed by atoms with Gasteiger partial charge >= 0.3 is 0 Å². The molecule has 2 atom stereocenters. The third-order valence-electron chi connectivity index (χ3n) is 4.71. The van der Waals surface area contributed by atoms with Crippen LogP contribution in [0.3, 0.4) is 0 Å². The van der Waals surface area contributed by atoms with Gasteiger partial charge in [-0.25, -0.2) is 13.1 Å². The normalized spacial score (nSPS) is 20.4. The lowest BCUT2D eigenvalue weighted by Gasteiger charge is -2.31. The monoisotopic (exact) mass is 390 g/mol. The van der Waals surface area contributed by atoms with E-state index in [1.54, 1.807) is 13.1 Å². The molecule has 0 saturated carbocycles. The van der Waals surface area contributed by atoms with Crippen LogP contribution in [0.5, 0.6) is 5.75 Å². The van der Waals surface area contributed by atoms with Crippen molar-refractivity contribution >= 4 is 10.0 Å². The summed E-state index contributed by atoms with van der Waals surface area (Å²) < 4.78 is 38.0. The van der Waals surface area contributed by atoms with E-state index in [1.807, 2.05) is 43.3 Å². The number of hydrogen-bond donors (Lipinski definition) is 1. The van der Waals surface area contributed by atoms with E-state index in [0.717, 1.165) is 22.6 Å². The maximum atomic E-state index is 11.9. The van der Waals surface area contributed by atoms with Crippen molar-refractivity contribution in [1.29, 1.82) is 0 Å². The highest BCUT2D eigenvalue weighted by atomic mass is 32.2. The summed E-state index contributed by atoms with van der Waals surface area (Å²) >= 11 is 0. The van der Waals surface area contributed by atoms with Crippen LogP contribution in [0.25, 0.3) is 11.3 Å². The lowest BCUT2D eigenvalue weighted by atomic mass is 9.98. The van der Waals surface area contributed by atoms with E-state index in [0.29, 0.717) is 26.2 Å². The summed E-state index contributed by atoms with van der Waals surface area (Å²) in [6.45, 7) is 5.13. The van der Waals surface area contributed by atoms with Gasteiger partial charge < -0.3 is 9.47 Å². The van der Waals surface area contributed by atoms with Crippen LogP contribution in [0.4, 0.5) is 0 Å². The van der Waals surface area contributed by atoms with E-state index < -0.39 is 10.0 Å². The van der Waals surface area contributed by atoms with Crippen LogP contribution in [-0.4, -0.2) is 45.0 Å². The van der Waals surface area contributed by atoms with E-state index in [1.165, 1.54) is 0 Å². The van der Waals surface area contributed by atoms with Gasteiger partial charge in [0, 0.05) is 30.3 Å². The zero-order chi connectivity index (χ0) is 19.3. The van der Waals surface area contributed by atoms with E-state index in [9.17, 15) is 8.42 Å². The predicted octanol–water partition coefficient (Wildman–Crippen LogP) is 2.78. The molecule has 3 rings (SSSR count). The number of aromatic nitrogens is 1. The molecule has 1 fully saturated rings. The molecule has 27 heavy (non-hydrogen) atoms. The predicted molar refractivity (Wildman–Crippen MR) is 105 cm³/mol. The van der Waals surface area contributed by atoms with Crippen LogP contribution < -0.4 is 9.46 Å². The molecule has 7 heteroatoms. The summed E-state index contributed by atoms with van der Waals surface area (Å²) in [5.74, 6) is 0.805. The number of aryl methyl sites for hydroxylation is 1. The summed E-state index contributed by atoms with van der Waals surface area (Å²) in [6, 6.07) is 11.6. The highest BCUT2D eigenvalue weighted by molar-refractivity contribution is 7.89. The van der Waals surface area contributed by atoms with Crippen molar-refractivity contribution in [3.05, 3.63) is 48.2 Å². The minimum absolute atomic E-state index is 0.0156. The van der Waals surface area contributed by atoms with Gasteiger partial charge in [0.25, 0.3) is 0 Å². The average molecular weight is 391 g/mol. The van der Waals surface area contributed by atoms with E-state index in [4.69, 9.17) is 9.47 Å². The Morgan fingerprint density at radius 3 is 2.74 bits per heavy atom. The first-order valence-electron chi connectivity index (χ1n) is 9.20. The molecule has 0 amide bonds. The summed E-state index contributed by atoms with van der Waals surface area (Å²) in [7, 11) is -3.24. The van der Waals surface area contributed by atoms with Crippen molar-refractivity contribution in [1.82, 2.24) is 9.71 Å². The van der Waals surface area contributed by atoms with Gasteiger partial charge in [0.2, 0.25) is 10.0 Å². The second-order valence-corrected chi connectivity index (χ2v) is 8.85. The average Bonchev–Trinajstić information content (AvgIpc) is 2.67. The van der Waals surface area contributed by atoms with Gasteiger partial charge in [0.15, 0.2) is 0 Å². The Labute approximate surface area is 161 Å². The van der Waals surface area contributed by atoms with Gasteiger partial charge in [0.05, 0.1) is 24.7 Å². The van der Waals surface area contributed by atoms with Gasteiger partial charge in [-0.1, -0.05) is 0 Å². The number of nitrogens with zero attached hydrogens (tertiary/aromatic N) is 1. The summed E-state index contributed by atoms with van der Waals surface area (Å²) in [4.78, 5) is 4.39. The highest BCUT2D eigenvalue weighted by Gasteiger charge is 2.29. The molecule has 1 saturated heterocycles. The van der Waals surface area contributed by atoms with Gasteiger partial charge in [-0.3, -0.25) is 4.98 Å². The maximum absolute atomic E-state index is 11.9. The summed E-state index contributed by atoms with van der Waals surface area (Å²) in [6.07, 6.45) is 2.46. The maximum Gasteiger partial charge on any atom is 0.211 e. The van der Waals surface area contributed by atoms with Crippen molar-refractivity contribution in [2.75, 3.05) is 25.6 Å². The van der Waals surface area contributed by atoms with Crippen LogP contribution in [-0.2, 0) is 14.8 Å².